The van der Waals surface area contributed by atoms with Crippen LogP contribution in [0.3, 0.4) is 0 Å². The Balaban J connectivity index is 1.25. The van der Waals surface area contributed by atoms with Crippen LogP contribution in [0.2, 0.25) is 0 Å². The Labute approximate surface area is 249 Å². The van der Waals surface area contributed by atoms with Gasteiger partial charge in [0.25, 0.3) is 5.91 Å². The molecule has 2 aromatic rings. The lowest BCUT2D eigenvalue weighted by Crippen LogP contribution is -2.41. The van der Waals surface area contributed by atoms with Gasteiger partial charge in [0.05, 0.1) is 37.5 Å². The van der Waals surface area contributed by atoms with Gasteiger partial charge in [0.15, 0.2) is 18.2 Å². The van der Waals surface area contributed by atoms with E-state index in [1.54, 1.807) is 0 Å². The molecule has 232 valence electrons. The van der Waals surface area contributed by atoms with Crippen molar-refractivity contribution < 1.29 is 23.8 Å². The first-order valence-electron chi connectivity index (χ1n) is 15.7. The summed E-state index contributed by atoms with van der Waals surface area (Å²) in [7, 11) is 0. The molecule has 3 heterocycles. The highest BCUT2D eigenvalue weighted by Gasteiger charge is 2.24. The molecular formula is C31H48N6O5. The van der Waals surface area contributed by atoms with Crippen molar-refractivity contribution >= 4 is 40.2 Å². The third-order valence-corrected chi connectivity index (χ3v) is 7.62. The second-order valence-electron chi connectivity index (χ2n) is 11.2. The largest absolute Gasteiger partial charge is 0.456 e. The first-order chi connectivity index (χ1) is 20.5. The second-order valence-corrected chi connectivity index (χ2v) is 11.2. The summed E-state index contributed by atoms with van der Waals surface area (Å²) in [4.78, 5) is 38.9. The molecule has 2 N–H and O–H groups in total. The van der Waals surface area contributed by atoms with E-state index in [-0.39, 0.29) is 24.5 Å². The Morgan fingerprint density at radius 3 is 2.12 bits per heavy atom. The van der Waals surface area contributed by atoms with E-state index >= 15 is 0 Å². The van der Waals surface area contributed by atoms with Crippen LogP contribution in [-0.4, -0.2) is 93.6 Å². The lowest BCUT2D eigenvalue weighted by atomic mass is 10.1. The molecule has 0 saturated carbocycles. The normalized spacial score (nSPS) is 16.3. The number of hydrogen-bond acceptors (Lipinski definition) is 10. The number of carbonyl (C=O) groups excluding carboxylic acids is 2. The van der Waals surface area contributed by atoms with Gasteiger partial charge in [-0.3, -0.25) is 9.59 Å². The zero-order valence-electron chi connectivity index (χ0n) is 25.4. The van der Waals surface area contributed by atoms with E-state index in [1.165, 1.54) is 25.7 Å². The SMILES string of the molecule is CCCCCCCCCC(=O)OCC(=O)NC(C)CNc1ccc2nc(N3CCOCC3)c(N3CCOCC3)nc2c1. The minimum absolute atomic E-state index is 0.159. The van der Waals surface area contributed by atoms with Crippen molar-refractivity contribution in [2.75, 3.05) is 80.9 Å². The summed E-state index contributed by atoms with van der Waals surface area (Å²) in [6.07, 6.45) is 8.33. The van der Waals surface area contributed by atoms with Gasteiger partial charge in [-0.05, 0) is 31.5 Å². The Kier molecular flexibility index (Phi) is 12.9. The van der Waals surface area contributed by atoms with Gasteiger partial charge < -0.3 is 34.6 Å². The summed E-state index contributed by atoms with van der Waals surface area (Å²) in [5, 5.41) is 6.28. The highest BCUT2D eigenvalue weighted by Crippen LogP contribution is 2.30. The van der Waals surface area contributed by atoms with Crippen LogP contribution in [0.15, 0.2) is 18.2 Å². The predicted molar refractivity (Wildman–Crippen MR) is 165 cm³/mol. The molecule has 42 heavy (non-hydrogen) atoms. The van der Waals surface area contributed by atoms with Crippen LogP contribution in [0.25, 0.3) is 11.0 Å². The van der Waals surface area contributed by atoms with Crippen molar-refractivity contribution in [2.24, 2.45) is 0 Å². The van der Waals surface area contributed by atoms with Crippen molar-refractivity contribution in [1.82, 2.24) is 15.3 Å². The first kappa shape index (κ1) is 31.7. The summed E-state index contributed by atoms with van der Waals surface area (Å²) < 4.78 is 16.3. The third kappa shape index (κ3) is 9.97. The molecule has 11 heteroatoms. The zero-order chi connectivity index (χ0) is 29.6. The van der Waals surface area contributed by atoms with Gasteiger partial charge in [0.2, 0.25) is 0 Å². The van der Waals surface area contributed by atoms with E-state index in [4.69, 9.17) is 24.2 Å². The molecule has 1 atom stereocenters. The maximum absolute atomic E-state index is 12.3. The second kappa shape index (κ2) is 17.1. The molecule has 2 saturated heterocycles. The zero-order valence-corrected chi connectivity index (χ0v) is 25.4. The Morgan fingerprint density at radius 1 is 0.881 bits per heavy atom. The van der Waals surface area contributed by atoms with Crippen LogP contribution < -0.4 is 20.4 Å². The fourth-order valence-electron chi connectivity index (χ4n) is 5.20. The van der Waals surface area contributed by atoms with Gasteiger partial charge in [-0.15, -0.1) is 0 Å². The number of unbranched alkanes of at least 4 members (excludes halogenated alkanes) is 6. The monoisotopic (exact) mass is 584 g/mol. The van der Waals surface area contributed by atoms with Crippen molar-refractivity contribution in [2.45, 2.75) is 71.3 Å². The van der Waals surface area contributed by atoms with E-state index in [0.717, 1.165) is 73.8 Å². The number of hydrogen-bond donors (Lipinski definition) is 2. The van der Waals surface area contributed by atoms with Crippen LogP contribution in [0.4, 0.5) is 17.3 Å². The summed E-state index contributed by atoms with van der Waals surface area (Å²) in [5.74, 6) is 1.17. The highest BCUT2D eigenvalue weighted by atomic mass is 16.5. The number of nitrogens with zero attached hydrogens (tertiary/aromatic N) is 4. The average molecular weight is 585 g/mol. The number of anilines is 3. The molecule has 1 aromatic carbocycles. The van der Waals surface area contributed by atoms with Gasteiger partial charge in [-0.1, -0.05) is 45.4 Å². The molecular weight excluding hydrogens is 536 g/mol. The number of aromatic nitrogens is 2. The smallest absolute Gasteiger partial charge is 0.306 e. The minimum atomic E-state index is -0.310. The van der Waals surface area contributed by atoms with Gasteiger partial charge in [0, 0.05) is 50.9 Å². The highest BCUT2D eigenvalue weighted by molar-refractivity contribution is 5.84. The number of benzene rings is 1. The molecule has 0 spiro atoms. The quantitative estimate of drug-likeness (QED) is 0.222. The van der Waals surface area contributed by atoms with Crippen molar-refractivity contribution in [3.8, 4) is 0 Å². The van der Waals surface area contributed by atoms with E-state index in [1.807, 2.05) is 25.1 Å². The number of ether oxygens (including phenoxy) is 3. The van der Waals surface area contributed by atoms with E-state index < -0.39 is 0 Å². The number of rotatable bonds is 16. The van der Waals surface area contributed by atoms with Crippen LogP contribution in [-0.2, 0) is 23.8 Å². The van der Waals surface area contributed by atoms with Crippen LogP contribution in [0, 0.1) is 0 Å². The molecule has 2 aliphatic rings. The van der Waals surface area contributed by atoms with Gasteiger partial charge >= 0.3 is 5.97 Å². The predicted octanol–water partition coefficient (Wildman–Crippen LogP) is 3.90. The van der Waals surface area contributed by atoms with E-state index in [9.17, 15) is 9.59 Å². The van der Waals surface area contributed by atoms with Crippen molar-refractivity contribution in [1.29, 1.82) is 0 Å². The minimum Gasteiger partial charge on any atom is -0.456 e. The lowest BCUT2D eigenvalue weighted by Gasteiger charge is -2.34. The number of nitrogens with one attached hydrogen (secondary N) is 2. The van der Waals surface area contributed by atoms with Crippen molar-refractivity contribution in [3.63, 3.8) is 0 Å². The molecule has 1 unspecified atom stereocenters. The summed E-state index contributed by atoms with van der Waals surface area (Å²) in [5.41, 5.74) is 2.54. The molecule has 0 radical (unpaired) electrons. The molecule has 1 aromatic heterocycles. The van der Waals surface area contributed by atoms with Gasteiger partial charge in [-0.2, -0.15) is 0 Å². The molecule has 11 nitrogen and oxygen atoms in total. The number of carbonyl (C=O) groups is 2. The fourth-order valence-corrected chi connectivity index (χ4v) is 5.20. The van der Waals surface area contributed by atoms with Gasteiger partial charge in [-0.25, -0.2) is 9.97 Å². The molecule has 0 bridgehead atoms. The van der Waals surface area contributed by atoms with E-state index in [0.29, 0.717) is 39.4 Å². The summed E-state index contributed by atoms with van der Waals surface area (Å²) in [6, 6.07) is 5.80. The van der Waals surface area contributed by atoms with Crippen LogP contribution in [0.5, 0.6) is 0 Å². The Morgan fingerprint density at radius 2 is 1.48 bits per heavy atom. The van der Waals surface area contributed by atoms with Gasteiger partial charge in [0.1, 0.15) is 0 Å². The first-order valence-corrected chi connectivity index (χ1v) is 15.7. The van der Waals surface area contributed by atoms with Crippen LogP contribution >= 0.6 is 0 Å². The van der Waals surface area contributed by atoms with Crippen molar-refractivity contribution in [3.05, 3.63) is 18.2 Å². The number of amides is 1. The number of esters is 1. The maximum atomic E-state index is 12.3. The lowest BCUT2D eigenvalue weighted by molar-refractivity contribution is -0.148. The molecule has 2 fully saturated rings. The maximum Gasteiger partial charge on any atom is 0.306 e. The average Bonchev–Trinajstić information content (AvgIpc) is 3.02. The third-order valence-electron chi connectivity index (χ3n) is 7.62. The van der Waals surface area contributed by atoms with Crippen LogP contribution in [0.1, 0.15) is 65.2 Å². The molecule has 2 aliphatic heterocycles. The van der Waals surface area contributed by atoms with E-state index in [2.05, 4.69) is 27.4 Å². The standard InChI is InChI=1S/C31H48N6O5/c1-3-4-5-6-7-8-9-10-29(39)42-23-28(38)33-24(2)22-32-25-11-12-26-27(21-25)35-31(37-15-19-41-20-16-37)30(34-26)36-13-17-40-18-14-36/h11-12,21,24,32H,3-10,13-20,22-23H2,1-2H3,(H,33,38). The number of morpholine rings is 2. The Hall–Kier alpha value is -3.18. The molecule has 0 aliphatic carbocycles. The fraction of sp³-hybridized carbons (Fsp3) is 0.677. The topological polar surface area (TPSA) is 118 Å². The molecule has 4 rings (SSSR count). The summed E-state index contributed by atoms with van der Waals surface area (Å²) >= 11 is 0. The number of fused-ring (bicyclic) bond motifs is 1. The summed E-state index contributed by atoms with van der Waals surface area (Å²) in [6.45, 7) is 10.2. The molecule has 1 amide bonds. The Bertz CT molecular complexity index is 1140.